The molecule has 2 N–H and O–H groups in total. The highest BCUT2D eigenvalue weighted by molar-refractivity contribution is 5.95. The number of aromatic nitrogens is 3. The van der Waals surface area contributed by atoms with Gasteiger partial charge in [0.25, 0.3) is 11.8 Å². The van der Waals surface area contributed by atoms with Crippen LogP contribution in [0.4, 0.5) is 0 Å². The standard InChI is InChI=1S/C19H21N5O3/c1-4-24-17(21-11-22-24)12(2)23-18(25)14-7-5-6-13(10-14)15-8-9-16(27-15)19(26)20-3/h5-12H,4H2,1-3H3,(H,20,26)(H,23,25)/t12-/m0/s1. The van der Waals surface area contributed by atoms with Crippen molar-refractivity contribution in [2.45, 2.75) is 26.4 Å². The fraction of sp³-hybridized carbons (Fsp3) is 0.263. The van der Waals surface area contributed by atoms with Crippen molar-refractivity contribution in [3.8, 4) is 11.3 Å². The average molecular weight is 367 g/mol. The molecule has 140 valence electrons. The summed E-state index contributed by atoms with van der Waals surface area (Å²) in [7, 11) is 1.54. The number of carbonyl (C=O) groups is 2. The van der Waals surface area contributed by atoms with Gasteiger partial charge in [0.15, 0.2) is 5.76 Å². The molecule has 2 heterocycles. The lowest BCUT2D eigenvalue weighted by atomic mass is 10.1. The topological polar surface area (TPSA) is 102 Å². The average Bonchev–Trinajstić information content (AvgIpc) is 3.36. The molecule has 0 radical (unpaired) electrons. The number of amides is 2. The molecule has 0 bridgehead atoms. The summed E-state index contributed by atoms with van der Waals surface area (Å²) in [5, 5.41) is 9.56. The lowest BCUT2D eigenvalue weighted by Gasteiger charge is -2.14. The Bertz CT molecular complexity index is 960. The van der Waals surface area contributed by atoms with Gasteiger partial charge in [-0.25, -0.2) is 9.67 Å². The van der Waals surface area contributed by atoms with Gasteiger partial charge in [0.2, 0.25) is 0 Å². The van der Waals surface area contributed by atoms with Gasteiger partial charge in [-0.15, -0.1) is 0 Å². The molecule has 0 unspecified atom stereocenters. The first kappa shape index (κ1) is 18.4. The lowest BCUT2D eigenvalue weighted by molar-refractivity contribution is 0.0928. The highest BCUT2D eigenvalue weighted by atomic mass is 16.3. The number of nitrogens with zero attached hydrogens (tertiary/aromatic N) is 3. The number of furan rings is 1. The van der Waals surface area contributed by atoms with E-state index in [1.165, 1.54) is 13.4 Å². The third kappa shape index (κ3) is 3.89. The molecule has 0 aliphatic rings. The number of hydrogen-bond donors (Lipinski definition) is 2. The first-order chi connectivity index (χ1) is 13.0. The summed E-state index contributed by atoms with van der Waals surface area (Å²) in [6, 6.07) is 10.0. The Balaban J connectivity index is 1.77. The first-order valence-electron chi connectivity index (χ1n) is 8.64. The minimum atomic E-state index is -0.302. The van der Waals surface area contributed by atoms with Crippen LogP contribution in [0.15, 0.2) is 47.1 Å². The van der Waals surface area contributed by atoms with Gasteiger partial charge in [-0.2, -0.15) is 5.10 Å². The summed E-state index contributed by atoms with van der Waals surface area (Å²) >= 11 is 0. The van der Waals surface area contributed by atoms with Crippen LogP contribution in [-0.2, 0) is 6.54 Å². The number of carbonyl (C=O) groups excluding carboxylic acids is 2. The van der Waals surface area contributed by atoms with Gasteiger partial charge in [0.05, 0.1) is 6.04 Å². The van der Waals surface area contributed by atoms with Gasteiger partial charge in [0.1, 0.15) is 17.9 Å². The molecule has 0 spiro atoms. The second kappa shape index (κ2) is 7.86. The molecule has 0 aliphatic heterocycles. The van der Waals surface area contributed by atoms with E-state index in [9.17, 15) is 9.59 Å². The van der Waals surface area contributed by atoms with Crippen LogP contribution in [-0.4, -0.2) is 33.6 Å². The molecule has 1 aromatic carbocycles. The lowest BCUT2D eigenvalue weighted by Crippen LogP contribution is -2.28. The van der Waals surface area contributed by atoms with E-state index < -0.39 is 0 Å². The van der Waals surface area contributed by atoms with Crippen molar-refractivity contribution in [2.75, 3.05) is 7.05 Å². The van der Waals surface area contributed by atoms with Crippen molar-refractivity contribution in [1.29, 1.82) is 0 Å². The van der Waals surface area contributed by atoms with Crippen LogP contribution in [0.1, 0.15) is 46.6 Å². The van der Waals surface area contributed by atoms with E-state index in [0.717, 1.165) is 0 Å². The van der Waals surface area contributed by atoms with Crippen LogP contribution >= 0.6 is 0 Å². The molecule has 1 atom stereocenters. The molecule has 0 saturated carbocycles. The third-order valence-electron chi connectivity index (χ3n) is 4.15. The van der Waals surface area contributed by atoms with Gasteiger partial charge in [-0.1, -0.05) is 12.1 Å². The summed E-state index contributed by atoms with van der Waals surface area (Å²) in [6.07, 6.45) is 1.48. The van der Waals surface area contributed by atoms with Gasteiger partial charge < -0.3 is 15.1 Å². The van der Waals surface area contributed by atoms with E-state index in [1.807, 2.05) is 19.9 Å². The second-order valence-corrected chi connectivity index (χ2v) is 5.95. The Morgan fingerprint density at radius 1 is 1.22 bits per heavy atom. The molecule has 27 heavy (non-hydrogen) atoms. The van der Waals surface area contributed by atoms with Crippen LogP contribution < -0.4 is 10.6 Å². The smallest absolute Gasteiger partial charge is 0.286 e. The Kier molecular flexibility index (Phi) is 5.35. The molecule has 2 aromatic heterocycles. The number of hydrogen-bond acceptors (Lipinski definition) is 5. The van der Waals surface area contributed by atoms with Crippen molar-refractivity contribution in [2.24, 2.45) is 0 Å². The molecule has 0 aliphatic carbocycles. The van der Waals surface area contributed by atoms with Crippen LogP contribution in [0.3, 0.4) is 0 Å². The van der Waals surface area contributed by atoms with Gasteiger partial charge in [-0.05, 0) is 38.1 Å². The van der Waals surface area contributed by atoms with E-state index in [0.29, 0.717) is 29.3 Å². The van der Waals surface area contributed by atoms with Crippen LogP contribution in [0, 0.1) is 0 Å². The molecule has 3 rings (SSSR count). The highest BCUT2D eigenvalue weighted by Crippen LogP contribution is 2.23. The largest absolute Gasteiger partial charge is 0.451 e. The number of aryl methyl sites for hydroxylation is 1. The Morgan fingerprint density at radius 3 is 2.78 bits per heavy atom. The van der Waals surface area contributed by atoms with Crippen LogP contribution in [0.5, 0.6) is 0 Å². The van der Waals surface area contributed by atoms with E-state index in [2.05, 4.69) is 20.7 Å². The van der Waals surface area contributed by atoms with Crippen molar-refractivity contribution in [1.82, 2.24) is 25.4 Å². The van der Waals surface area contributed by atoms with E-state index >= 15 is 0 Å². The maximum atomic E-state index is 12.6. The van der Waals surface area contributed by atoms with Crippen molar-refractivity contribution < 1.29 is 14.0 Å². The summed E-state index contributed by atoms with van der Waals surface area (Å²) in [5.74, 6) is 0.900. The van der Waals surface area contributed by atoms with Gasteiger partial charge >= 0.3 is 0 Å². The van der Waals surface area contributed by atoms with E-state index in [1.54, 1.807) is 35.0 Å². The fourth-order valence-corrected chi connectivity index (χ4v) is 2.75. The molecule has 2 amide bonds. The van der Waals surface area contributed by atoms with Crippen molar-refractivity contribution in [3.05, 3.63) is 59.9 Å². The normalized spacial score (nSPS) is 11.8. The monoisotopic (exact) mass is 367 g/mol. The number of rotatable bonds is 6. The number of benzene rings is 1. The highest BCUT2D eigenvalue weighted by Gasteiger charge is 2.17. The molecule has 0 saturated heterocycles. The zero-order valence-corrected chi connectivity index (χ0v) is 15.4. The van der Waals surface area contributed by atoms with Gasteiger partial charge in [0, 0.05) is 24.7 Å². The zero-order chi connectivity index (χ0) is 19.4. The molecule has 8 heteroatoms. The van der Waals surface area contributed by atoms with Gasteiger partial charge in [-0.3, -0.25) is 9.59 Å². The predicted octanol–water partition coefficient (Wildman–Crippen LogP) is 2.41. The maximum absolute atomic E-state index is 12.6. The number of nitrogens with one attached hydrogen (secondary N) is 2. The second-order valence-electron chi connectivity index (χ2n) is 5.95. The van der Waals surface area contributed by atoms with Crippen LogP contribution in [0.25, 0.3) is 11.3 Å². The summed E-state index contributed by atoms with van der Waals surface area (Å²) in [6.45, 7) is 4.50. The summed E-state index contributed by atoms with van der Waals surface area (Å²) in [5.41, 5.74) is 1.20. The van der Waals surface area contributed by atoms with Crippen molar-refractivity contribution >= 4 is 11.8 Å². The Hall–Kier alpha value is -3.42. The third-order valence-corrected chi connectivity index (χ3v) is 4.15. The summed E-state index contributed by atoms with van der Waals surface area (Å²) in [4.78, 5) is 28.5. The Labute approximate surface area is 156 Å². The van der Waals surface area contributed by atoms with Crippen LogP contribution in [0.2, 0.25) is 0 Å². The molecule has 0 fully saturated rings. The predicted molar refractivity (Wildman–Crippen MR) is 99.1 cm³/mol. The SMILES string of the molecule is CCn1ncnc1[C@H](C)NC(=O)c1cccc(-c2ccc(C(=O)NC)o2)c1. The quantitative estimate of drug-likeness (QED) is 0.696. The first-order valence-corrected chi connectivity index (χ1v) is 8.64. The minimum absolute atomic E-state index is 0.217. The molecule has 8 nitrogen and oxygen atoms in total. The van der Waals surface area contributed by atoms with Crippen molar-refractivity contribution in [3.63, 3.8) is 0 Å². The molecule has 3 aromatic rings. The Morgan fingerprint density at radius 2 is 2.04 bits per heavy atom. The maximum Gasteiger partial charge on any atom is 0.286 e. The summed E-state index contributed by atoms with van der Waals surface area (Å²) < 4.78 is 7.30. The van der Waals surface area contributed by atoms with E-state index in [-0.39, 0.29) is 23.6 Å². The molecular formula is C19H21N5O3. The van der Waals surface area contributed by atoms with E-state index in [4.69, 9.17) is 4.42 Å². The fourth-order valence-electron chi connectivity index (χ4n) is 2.75. The molecular weight excluding hydrogens is 346 g/mol. The zero-order valence-electron chi connectivity index (χ0n) is 15.4. The minimum Gasteiger partial charge on any atom is -0.451 e.